The van der Waals surface area contributed by atoms with Crippen LogP contribution in [0.4, 0.5) is 0 Å². The maximum atomic E-state index is 6.07. The lowest BCUT2D eigenvalue weighted by Crippen LogP contribution is -2.15. The van der Waals surface area contributed by atoms with Gasteiger partial charge in [0.1, 0.15) is 0 Å². The minimum atomic E-state index is 0.593. The van der Waals surface area contributed by atoms with Crippen LogP contribution in [0.3, 0.4) is 0 Å². The molecule has 1 heterocycles. The molecule has 1 aromatic heterocycles. The van der Waals surface area contributed by atoms with Gasteiger partial charge in [-0.2, -0.15) is 0 Å². The van der Waals surface area contributed by atoms with Gasteiger partial charge in [-0.1, -0.05) is 54.2 Å². The topological polar surface area (TPSA) is 82.8 Å². The van der Waals surface area contributed by atoms with Gasteiger partial charge < -0.3 is 11.6 Å². The maximum absolute atomic E-state index is 6.07. The van der Waals surface area contributed by atoms with E-state index in [0.717, 1.165) is 11.6 Å². The third kappa shape index (κ3) is 2.86. The smallest absolute Gasteiger partial charge is 0.209 e. The number of aromatic nitrogens is 3. The maximum Gasteiger partial charge on any atom is 0.209 e. The first kappa shape index (κ1) is 13.9. The molecule has 108 valence electrons. The number of benzene rings is 2. The molecule has 0 fully saturated rings. The van der Waals surface area contributed by atoms with Gasteiger partial charge in [-0.25, -0.2) is 4.68 Å². The lowest BCUT2D eigenvalue weighted by molar-refractivity contribution is 0.806. The molecule has 0 radical (unpaired) electrons. The van der Waals surface area contributed by atoms with Crippen LogP contribution in [0.25, 0.3) is 10.8 Å². The molecule has 4 N–H and O–H groups in total. The molecule has 0 unspecified atom stereocenters. The van der Waals surface area contributed by atoms with Gasteiger partial charge in [-0.05, 0) is 16.3 Å². The number of fused-ring (bicyclic) bond motifs is 1. The van der Waals surface area contributed by atoms with E-state index in [4.69, 9.17) is 11.6 Å². The lowest BCUT2D eigenvalue weighted by atomic mass is 10.0. The molecule has 0 bridgehead atoms. The molecule has 21 heavy (non-hydrogen) atoms. The Labute approximate surface area is 127 Å². The number of hydrogen-bond acceptors (Lipinski definition) is 5. The Kier molecular flexibility index (Phi) is 4.08. The van der Waals surface area contributed by atoms with Gasteiger partial charge >= 0.3 is 0 Å². The summed E-state index contributed by atoms with van der Waals surface area (Å²) in [5.74, 6) is 7.60. The van der Waals surface area contributed by atoms with Crippen molar-refractivity contribution in [1.82, 2.24) is 14.9 Å². The highest BCUT2D eigenvalue weighted by molar-refractivity contribution is 7.99. The molecule has 3 aromatic rings. The summed E-state index contributed by atoms with van der Waals surface area (Å²) in [6, 6.07) is 14.6. The number of nitrogens with two attached hydrogens (primary N) is 2. The average Bonchev–Trinajstić information content (AvgIpc) is 2.86. The number of nitrogens with zero attached hydrogens (tertiary/aromatic N) is 3. The van der Waals surface area contributed by atoms with Crippen LogP contribution in [0, 0.1) is 0 Å². The van der Waals surface area contributed by atoms with E-state index in [2.05, 4.69) is 40.5 Å². The summed E-state index contributed by atoms with van der Waals surface area (Å²) >= 11 is 1.52. The largest absolute Gasteiger partial charge is 0.336 e. The van der Waals surface area contributed by atoms with Crippen LogP contribution in [-0.4, -0.2) is 27.2 Å². The quantitative estimate of drug-likeness (QED) is 0.554. The minimum Gasteiger partial charge on any atom is -0.336 e. The lowest BCUT2D eigenvalue weighted by Gasteiger charge is -2.06. The van der Waals surface area contributed by atoms with Crippen LogP contribution in [0.1, 0.15) is 11.4 Å². The molecule has 3 rings (SSSR count). The second kappa shape index (κ2) is 6.15. The molecule has 0 saturated carbocycles. The highest BCUT2D eigenvalue weighted by Crippen LogP contribution is 2.21. The highest BCUT2D eigenvalue weighted by Gasteiger charge is 2.11. The number of rotatable bonds is 5. The number of thioether (sulfide) groups is 1. The molecule has 5 nitrogen and oxygen atoms in total. The predicted molar refractivity (Wildman–Crippen MR) is 86.7 cm³/mol. The molecule has 0 spiro atoms. The van der Waals surface area contributed by atoms with Gasteiger partial charge in [-0.15, -0.1) is 10.2 Å². The van der Waals surface area contributed by atoms with Gasteiger partial charge in [0.2, 0.25) is 5.16 Å². The van der Waals surface area contributed by atoms with E-state index < -0.39 is 0 Å². The van der Waals surface area contributed by atoms with Crippen molar-refractivity contribution >= 4 is 22.5 Å². The molecule has 0 saturated heterocycles. The molecule has 6 heteroatoms. The Morgan fingerprint density at radius 2 is 1.86 bits per heavy atom. The average molecular weight is 299 g/mol. The van der Waals surface area contributed by atoms with Crippen molar-refractivity contribution in [3.8, 4) is 0 Å². The fourth-order valence-electron chi connectivity index (χ4n) is 2.29. The van der Waals surface area contributed by atoms with Crippen LogP contribution in [0.2, 0.25) is 0 Å². The van der Waals surface area contributed by atoms with Gasteiger partial charge in [0.05, 0.1) is 0 Å². The molecule has 0 amide bonds. The second-order valence-corrected chi connectivity index (χ2v) is 5.78. The van der Waals surface area contributed by atoms with Gasteiger partial charge in [-0.3, -0.25) is 0 Å². The van der Waals surface area contributed by atoms with E-state index in [1.165, 1.54) is 28.1 Å². The van der Waals surface area contributed by atoms with Crippen molar-refractivity contribution in [2.75, 3.05) is 18.1 Å². The summed E-state index contributed by atoms with van der Waals surface area (Å²) in [4.78, 5) is 0. The fourth-order valence-corrected chi connectivity index (χ4v) is 2.94. The molecule has 0 atom stereocenters. The zero-order chi connectivity index (χ0) is 14.7. The highest BCUT2D eigenvalue weighted by atomic mass is 32.2. The molecule has 0 aliphatic heterocycles. The summed E-state index contributed by atoms with van der Waals surface area (Å²) in [7, 11) is 0. The van der Waals surface area contributed by atoms with Crippen molar-refractivity contribution in [3.05, 3.63) is 53.9 Å². The van der Waals surface area contributed by atoms with E-state index in [-0.39, 0.29) is 0 Å². The standard InChI is InChI=1S/C15H17N5S/c16-8-9-21-15-19-18-14(20(15)17)10-12-6-3-5-11-4-1-2-7-13(11)12/h1-7H,8-10,16-17H2. The Hall–Kier alpha value is -2.05. The second-order valence-electron chi connectivity index (χ2n) is 4.72. The van der Waals surface area contributed by atoms with Crippen molar-refractivity contribution < 1.29 is 0 Å². The van der Waals surface area contributed by atoms with Crippen LogP contribution < -0.4 is 11.6 Å². The van der Waals surface area contributed by atoms with E-state index in [1.54, 1.807) is 4.68 Å². The van der Waals surface area contributed by atoms with Crippen LogP contribution in [0.5, 0.6) is 0 Å². The van der Waals surface area contributed by atoms with Gasteiger partial charge in [0.15, 0.2) is 5.82 Å². The first-order chi connectivity index (χ1) is 10.3. The zero-order valence-corrected chi connectivity index (χ0v) is 12.4. The summed E-state index contributed by atoms with van der Waals surface area (Å²) < 4.78 is 1.56. The van der Waals surface area contributed by atoms with Gasteiger partial charge in [0, 0.05) is 18.7 Å². The van der Waals surface area contributed by atoms with Crippen LogP contribution in [0.15, 0.2) is 47.6 Å². The first-order valence-corrected chi connectivity index (χ1v) is 7.77. The number of nitrogen functional groups attached to an aromatic ring is 1. The molecular formula is C15H17N5S. The molecule has 2 aromatic carbocycles. The Morgan fingerprint density at radius 3 is 2.71 bits per heavy atom. The van der Waals surface area contributed by atoms with Crippen molar-refractivity contribution in [2.45, 2.75) is 11.6 Å². The summed E-state index contributed by atoms with van der Waals surface area (Å²) in [6.45, 7) is 0.593. The Bertz CT molecular complexity index is 747. The zero-order valence-electron chi connectivity index (χ0n) is 11.6. The SMILES string of the molecule is NCCSc1nnc(Cc2cccc3ccccc23)n1N. The van der Waals surface area contributed by atoms with E-state index in [0.29, 0.717) is 18.1 Å². The predicted octanol–water partition coefficient (Wildman–Crippen LogP) is 1.79. The molecule has 0 aliphatic carbocycles. The third-order valence-electron chi connectivity index (χ3n) is 3.31. The first-order valence-electron chi connectivity index (χ1n) is 6.78. The van der Waals surface area contributed by atoms with Gasteiger partial charge in [0.25, 0.3) is 0 Å². The number of hydrogen-bond donors (Lipinski definition) is 2. The summed E-state index contributed by atoms with van der Waals surface area (Å²) in [6.07, 6.45) is 0.661. The van der Waals surface area contributed by atoms with Crippen molar-refractivity contribution in [1.29, 1.82) is 0 Å². The fraction of sp³-hybridized carbons (Fsp3) is 0.200. The Morgan fingerprint density at radius 1 is 1.05 bits per heavy atom. The summed E-state index contributed by atoms with van der Waals surface area (Å²) in [5.41, 5.74) is 6.70. The normalized spacial score (nSPS) is 11.1. The Balaban J connectivity index is 1.90. The van der Waals surface area contributed by atoms with Crippen molar-refractivity contribution in [3.63, 3.8) is 0 Å². The van der Waals surface area contributed by atoms with Crippen LogP contribution in [-0.2, 0) is 6.42 Å². The molecular weight excluding hydrogens is 282 g/mol. The summed E-state index contributed by atoms with van der Waals surface area (Å²) in [5, 5.41) is 11.5. The minimum absolute atomic E-state index is 0.593. The van der Waals surface area contributed by atoms with E-state index in [1.807, 2.05) is 12.1 Å². The van der Waals surface area contributed by atoms with Crippen molar-refractivity contribution in [2.24, 2.45) is 5.73 Å². The monoisotopic (exact) mass is 299 g/mol. The van der Waals surface area contributed by atoms with E-state index >= 15 is 0 Å². The van der Waals surface area contributed by atoms with E-state index in [9.17, 15) is 0 Å². The third-order valence-corrected chi connectivity index (χ3v) is 4.29. The van der Waals surface area contributed by atoms with Crippen LogP contribution >= 0.6 is 11.8 Å². The molecule has 0 aliphatic rings.